The summed E-state index contributed by atoms with van der Waals surface area (Å²) in [5.74, 6) is -0.499. The average Bonchev–Trinajstić information content (AvgIpc) is 3.32. The molecule has 1 aliphatic heterocycles. The molecule has 1 aliphatic rings. The van der Waals surface area contributed by atoms with E-state index in [9.17, 15) is 9.59 Å². The molecule has 2 amide bonds. The van der Waals surface area contributed by atoms with E-state index < -0.39 is 5.91 Å². The van der Waals surface area contributed by atoms with Crippen LogP contribution in [0.5, 0.6) is 0 Å². The summed E-state index contributed by atoms with van der Waals surface area (Å²) in [6, 6.07) is 5.84. The van der Waals surface area contributed by atoms with Crippen LogP contribution in [0.15, 0.2) is 49.4 Å². The Balaban J connectivity index is 1.64. The van der Waals surface area contributed by atoms with Crippen LogP contribution in [0, 0.1) is 6.92 Å². The van der Waals surface area contributed by atoms with Crippen LogP contribution < -0.4 is 5.73 Å². The predicted octanol–water partition coefficient (Wildman–Crippen LogP) is 2.40. The molecule has 1 saturated heterocycles. The smallest absolute Gasteiger partial charge is 0.253 e. The number of primary amides is 1. The maximum absolute atomic E-state index is 12.5. The number of hydrogen-bond donors (Lipinski definition) is 2. The fraction of sp³-hybridized carbons (Fsp3) is 0.182. The van der Waals surface area contributed by atoms with Gasteiger partial charge < -0.3 is 15.0 Å². The molecule has 1 aromatic carbocycles. The Hall–Kier alpha value is -3.94. The van der Waals surface area contributed by atoms with Gasteiger partial charge in [0.2, 0.25) is 5.91 Å². The van der Waals surface area contributed by atoms with Crippen molar-refractivity contribution in [1.82, 2.24) is 24.5 Å². The van der Waals surface area contributed by atoms with Crippen LogP contribution in [-0.2, 0) is 4.79 Å². The molecule has 3 N–H and O–H groups in total. The topological polar surface area (TPSA) is 109 Å². The van der Waals surface area contributed by atoms with Gasteiger partial charge in [-0.05, 0) is 36.3 Å². The molecule has 4 aromatic rings. The summed E-state index contributed by atoms with van der Waals surface area (Å²) in [6.07, 6.45) is 6.86. The molecule has 0 aliphatic carbocycles. The summed E-state index contributed by atoms with van der Waals surface area (Å²) in [5.41, 5.74) is 11.1. The molecule has 0 radical (unpaired) electrons. The normalized spacial score (nSPS) is 14.2. The number of likely N-dealkylation sites (tertiary alicyclic amines) is 1. The van der Waals surface area contributed by atoms with Gasteiger partial charge in [-0.3, -0.25) is 14.7 Å². The minimum Gasteiger partial charge on any atom is -0.365 e. The lowest BCUT2D eigenvalue weighted by Gasteiger charge is -2.37. The monoisotopic (exact) mass is 400 g/mol. The van der Waals surface area contributed by atoms with Crippen LogP contribution in [0.4, 0.5) is 0 Å². The summed E-state index contributed by atoms with van der Waals surface area (Å²) in [6.45, 7) is 6.68. The van der Waals surface area contributed by atoms with Crippen LogP contribution in [0.3, 0.4) is 0 Å². The van der Waals surface area contributed by atoms with Crippen molar-refractivity contribution in [2.75, 3.05) is 13.1 Å². The number of imidazole rings is 1. The molecule has 8 nitrogen and oxygen atoms in total. The number of benzene rings is 1. The zero-order valence-corrected chi connectivity index (χ0v) is 16.4. The van der Waals surface area contributed by atoms with E-state index in [0.717, 1.165) is 33.3 Å². The van der Waals surface area contributed by atoms with Gasteiger partial charge >= 0.3 is 0 Å². The number of aromatic nitrogens is 4. The van der Waals surface area contributed by atoms with Crippen molar-refractivity contribution in [2.45, 2.75) is 12.8 Å². The van der Waals surface area contributed by atoms with Crippen molar-refractivity contribution in [1.29, 1.82) is 0 Å². The predicted molar refractivity (Wildman–Crippen MR) is 113 cm³/mol. The van der Waals surface area contributed by atoms with Crippen LogP contribution >= 0.6 is 0 Å². The molecule has 0 atom stereocenters. The fourth-order valence-electron chi connectivity index (χ4n) is 4.18. The molecule has 0 spiro atoms. The molecular formula is C22H20N6O2. The van der Waals surface area contributed by atoms with E-state index in [-0.39, 0.29) is 11.8 Å². The number of fused-ring (bicyclic) bond motifs is 2. The summed E-state index contributed by atoms with van der Waals surface area (Å²) < 4.78 is 1.82. The van der Waals surface area contributed by atoms with Crippen molar-refractivity contribution < 1.29 is 9.59 Å². The fourth-order valence-corrected chi connectivity index (χ4v) is 4.18. The number of H-pyrrole nitrogens is 1. The number of carbonyl (C=O) groups excluding carboxylic acids is 2. The number of pyridine rings is 1. The Kier molecular flexibility index (Phi) is 3.95. The first kappa shape index (κ1) is 18.1. The van der Waals surface area contributed by atoms with Gasteiger partial charge in [0.25, 0.3) is 5.91 Å². The second kappa shape index (κ2) is 6.55. The second-order valence-electron chi connectivity index (χ2n) is 7.60. The van der Waals surface area contributed by atoms with Gasteiger partial charge in [0.1, 0.15) is 0 Å². The van der Waals surface area contributed by atoms with Crippen molar-refractivity contribution in [3.63, 3.8) is 0 Å². The zero-order valence-electron chi connectivity index (χ0n) is 16.4. The van der Waals surface area contributed by atoms with Crippen molar-refractivity contribution in [3.8, 4) is 11.1 Å². The highest BCUT2D eigenvalue weighted by atomic mass is 16.2. The largest absolute Gasteiger partial charge is 0.365 e. The summed E-state index contributed by atoms with van der Waals surface area (Å²) in [4.78, 5) is 30.7. The van der Waals surface area contributed by atoms with Gasteiger partial charge in [-0.15, -0.1) is 0 Å². The lowest BCUT2D eigenvalue weighted by atomic mass is 9.94. The number of hydrogen-bond acceptors (Lipinski definition) is 4. The van der Waals surface area contributed by atoms with E-state index in [2.05, 4.69) is 16.8 Å². The molecule has 0 saturated carbocycles. The lowest BCUT2D eigenvalue weighted by Crippen LogP contribution is -2.47. The summed E-state index contributed by atoms with van der Waals surface area (Å²) in [7, 11) is 0. The number of amides is 2. The maximum atomic E-state index is 12.5. The number of nitrogens with two attached hydrogens (primary N) is 1. The Bertz CT molecular complexity index is 1340. The van der Waals surface area contributed by atoms with E-state index in [1.165, 1.54) is 6.08 Å². The lowest BCUT2D eigenvalue weighted by molar-refractivity contribution is -0.130. The summed E-state index contributed by atoms with van der Waals surface area (Å²) >= 11 is 0. The standard InChI is InChI=1S/C22H20N6O2/c1-3-18(29)28-9-13(10-28)17-11-27-7-6-14(20(21(23)30)22(27)25-17)19-12(2)4-5-16-15(19)8-24-26-16/h3-8,11,13H,1,9-10H2,2H3,(H2,23,30)(H,24,26). The third-order valence-electron chi connectivity index (χ3n) is 5.78. The molecule has 4 heterocycles. The van der Waals surface area contributed by atoms with E-state index in [4.69, 9.17) is 10.7 Å². The minimum atomic E-state index is -0.537. The number of nitrogens with zero attached hydrogens (tertiary/aromatic N) is 4. The highest BCUT2D eigenvalue weighted by molar-refractivity contribution is 6.09. The van der Waals surface area contributed by atoms with Crippen molar-refractivity contribution >= 4 is 28.4 Å². The summed E-state index contributed by atoms with van der Waals surface area (Å²) in [5, 5.41) is 8.03. The molecule has 0 bridgehead atoms. The first-order valence-corrected chi connectivity index (χ1v) is 9.63. The van der Waals surface area contributed by atoms with E-state index >= 15 is 0 Å². The number of aryl methyl sites for hydroxylation is 1. The van der Waals surface area contributed by atoms with E-state index in [0.29, 0.717) is 24.3 Å². The van der Waals surface area contributed by atoms with E-state index in [1.54, 1.807) is 11.1 Å². The van der Waals surface area contributed by atoms with Crippen molar-refractivity contribution in [2.24, 2.45) is 5.73 Å². The van der Waals surface area contributed by atoms with Gasteiger partial charge in [0.15, 0.2) is 5.65 Å². The molecule has 150 valence electrons. The Morgan fingerprint density at radius 1 is 1.30 bits per heavy atom. The maximum Gasteiger partial charge on any atom is 0.253 e. The van der Waals surface area contributed by atoms with Crippen molar-refractivity contribution in [3.05, 3.63) is 66.3 Å². The number of aromatic amines is 1. The first-order chi connectivity index (χ1) is 14.5. The molecule has 1 fully saturated rings. The first-order valence-electron chi connectivity index (χ1n) is 9.63. The number of carbonyl (C=O) groups is 2. The number of rotatable bonds is 4. The van der Waals surface area contributed by atoms with Crippen LogP contribution in [0.1, 0.15) is 27.5 Å². The Morgan fingerprint density at radius 3 is 2.83 bits per heavy atom. The van der Waals surface area contributed by atoms with Gasteiger partial charge in [-0.1, -0.05) is 12.6 Å². The molecule has 5 rings (SSSR count). The molecule has 0 unspecified atom stereocenters. The highest BCUT2D eigenvalue weighted by Gasteiger charge is 2.33. The molecule has 8 heteroatoms. The van der Waals surface area contributed by atoms with E-state index in [1.807, 2.05) is 41.9 Å². The highest BCUT2D eigenvalue weighted by Crippen LogP contribution is 2.35. The SMILES string of the molecule is C=CC(=O)N1CC(c2cn3ccc(-c4c(C)ccc5[nH]ncc45)c(C(N)=O)c3n2)C1. The molecule has 3 aromatic heterocycles. The van der Waals surface area contributed by atoms with Crippen LogP contribution in [-0.4, -0.2) is 49.4 Å². The zero-order chi connectivity index (χ0) is 21.0. The van der Waals surface area contributed by atoms with Crippen LogP contribution in [0.25, 0.3) is 27.7 Å². The van der Waals surface area contributed by atoms with Gasteiger partial charge in [0, 0.05) is 42.4 Å². The van der Waals surface area contributed by atoms with Crippen LogP contribution in [0.2, 0.25) is 0 Å². The average molecular weight is 400 g/mol. The molecule has 30 heavy (non-hydrogen) atoms. The quantitative estimate of drug-likeness (QED) is 0.513. The van der Waals surface area contributed by atoms with Gasteiger partial charge in [-0.25, -0.2) is 4.98 Å². The third-order valence-corrected chi connectivity index (χ3v) is 5.78. The third kappa shape index (κ3) is 2.61. The molecular weight excluding hydrogens is 380 g/mol. The Morgan fingerprint density at radius 2 is 2.10 bits per heavy atom. The Labute approximate surface area is 172 Å². The minimum absolute atomic E-state index is 0.0844. The van der Waals surface area contributed by atoms with Gasteiger partial charge in [0.05, 0.1) is 23.0 Å². The van der Waals surface area contributed by atoms with Gasteiger partial charge in [-0.2, -0.15) is 5.10 Å². The second-order valence-corrected chi connectivity index (χ2v) is 7.60. The number of nitrogens with one attached hydrogen (secondary N) is 1.